The summed E-state index contributed by atoms with van der Waals surface area (Å²) in [6.07, 6.45) is 0. The van der Waals surface area contributed by atoms with Gasteiger partial charge in [0.05, 0.1) is 0 Å². The first kappa shape index (κ1) is 13.5. The van der Waals surface area contributed by atoms with E-state index in [9.17, 15) is 0 Å². The molecule has 0 bridgehead atoms. The van der Waals surface area contributed by atoms with Crippen LogP contribution in [0, 0.1) is 0 Å². The fraction of sp³-hybridized carbons (Fsp3) is 0.0769. The molecule has 0 aliphatic carbocycles. The van der Waals surface area contributed by atoms with E-state index in [0.717, 1.165) is 14.0 Å². The van der Waals surface area contributed by atoms with Gasteiger partial charge in [0, 0.05) is 23.8 Å². The summed E-state index contributed by atoms with van der Waals surface area (Å²) in [5.41, 5.74) is 0. The Balaban J connectivity index is 1.87. The maximum absolute atomic E-state index is 3.48. The zero-order valence-electron chi connectivity index (χ0n) is 8.90. The van der Waals surface area contributed by atoms with Gasteiger partial charge in [-0.25, -0.2) is 0 Å². The van der Waals surface area contributed by atoms with Crippen LogP contribution in [-0.4, -0.2) is 5.08 Å². The number of rotatable bonds is 4. The van der Waals surface area contributed by atoms with E-state index in [1.807, 2.05) is 35.7 Å². The molecule has 2 aromatic carbocycles. The minimum atomic E-state index is 1.02. The standard InChI is InChI=1S/C13H10Br2S2/c14-10-3-1-5-12(7-10)16-9-17-13-6-2-4-11(15)8-13/h1-8H,9H2. The normalized spacial score (nSPS) is 10.5. The number of halogens is 2. The van der Waals surface area contributed by atoms with Crippen LogP contribution in [-0.2, 0) is 0 Å². The van der Waals surface area contributed by atoms with E-state index >= 15 is 0 Å². The van der Waals surface area contributed by atoms with Gasteiger partial charge in [-0.2, -0.15) is 0 Å². The molecule has 0 radical (unpaired) electrons. The molecule has 0 amide bonds. The van der Waals surface area contributed by atoms with Gasteiger partial charge in [-0.3, -0.25) is 0 Å². The minimum absolute atomic E-state index is 1.02. The van der Waals surface area contributed by atoms with Gasteiger partial charge in [0.1, 0.15) is 0 Å². The molecule has 2 aromatic rings. The van der Waals surface area contributed by atoms with Gasteiger partial charge in [-0.1, -0.05) is 44.0 Å². The molecule has 0 aliphatic rings. The molecule has 17 heavy (non-hydrogen) atoms. The highest BCUT2D eigenvalue weighted by atomic mass is 79.9. The topological polar surface area (TPSA) is 0 Å². The SMILES string of the molecule is Brc1cccc(SCSc2cccc(Br)c2)c1. The predicted molar refractivity (Wildman–Crippen MR) is 84.9 cm³/mol. The molecule has 0 aliphatic heterocycles. The second kappa shape index (κ2) is 6.88. The number of hydrogen-bond acceptors (Lipinski definition) is 2. The van der Waals surface area contributed by atoms with Gasteiger partial charge in [0.15, 0.2) is 0 Å². The first-order chi connectivity index (χ1) is 8.24. The Kier molecular flexibility index (Phi) is 5.48. The monoisotopic (exact) mass is 388 g/mol. The van der Waals surface area contributed by atoms with Crippen molar-refractivity contribution >= 4 is 55.4 Å². The molecule has 4 heteroatoms. The average Bonchev–Trinajstić information content (AvgIpc) is 2.29. The van der Waals surface area contributed by atoms with Crippen LogP contribution < -0.4 is 0 Å². The van der Waals surface area contributed by atoms with E-state index in [1.165, 1.54) is 9.79 Å². The molecule has 0 saturated heterocycles. The Bertz CT molecular complexity index is 455. The minimum Gasteiger partial charge on any atom is -0.115 e. The van der Waals surface area contributed by atoms with Crippen molar-refractivity contribution < 1.29 is 0 Å². The molecule has 0 saturated carbocycles. The lowest BCUT2D eigenvalue weighted by Gasteiger charge is -2.03. The van der Waals surface area contributed by atoms with E-state index in [2.05, 4.69) is 68.3 Å². The zero-order valence-corrected chi connectivity index (χ0v) is 13.7. The molecule has 0 atom stereocenters. The lowest BCUT2D eigenvalue weighted by atomic mass is 10.4. The molecule has 0 spiro atoms. The number of benzene rings is 2. The molecule has 0 aromatic heterocycles. The van der Waals surface area contributed by atoms with Crippen LogP contribution >= 0.6 is 55.4 Å². The van der Waals surface area contributed by atoms with E-state index < -0.39 is 0 Å². The Morgan fingerprint density at radius 2 is 1.24 bits per heavy atom. The summed E-state index contributed by atoms with van der Waals surface area (Å²) in [7, 11) is 0. The largest absolute Gasteiger partial charge is 0.115 e. The summed E-state index contributed by atoms with van der Waals surface area (Å²) in [6.45, 7) is 0. The van der Waals surface area contributed by atoms with Gasteiger partial charge >= 0.3 is 0 Å². The molecule has 0 fully saturated rings. The maximum atomic E-state index is 3.48. The summed E-state index contributed by atoms with van der Waals surface area (Å²) in [6, 6.07) is 16.8. The summed E-state index contributed by atoms with van der Waals surface area (Å²) in [5.74, 6) is 0. The highest BCUT2D eigenvalue weighted by Gasteiger charge is 1.98. The lowest BCUT2D eigenvalue weighted by Crippen LogP contribution is -1.76. The summed E-state index contributed by atoms with van der Waals surface area (Å²) < 4.78 is 2.27. The van der Waals surface area contributed by atoms with Gasteiger partial charge < -0.3 is 0 Å². The molecule has 0 unspecified atom stereocenters. The second-order valence-electron chi connectivity index (χ2n) is 3.32. The maximum Gasteiger partial charge on any atom is 0.0486 e. The smallest absolute Gasteiger partial charge is 0.0486 e. The van der Waals surface area contributed by atoms with Gasteiger partial charge in [-0.15, -0.1) is 23.5 Å². The Labute approximate surface area is 127 Å². The van der Waals surface area contributed by atoms with Crippen molar-refractivity contribution in [2.45, 2.75) is 9.79 Å². The molecule has 88 valence electrons. The van der Waals surface area contributed by atoms with Crippen LogP contribution in [0.5, 0.6) is 0 Å². The van der Waals surface area contributed by atoms with Crippen molar-refractivity contribution in [1.29, 1.82) is 0 Å². The number of thioether (sulfide) groups is 2. The van der Waals surface area contributed by atoms with Crippen LogP contribution in [0.4, 0.5) is 0 Å². The predicted octanol–water partition coefficient (Wildman–Crippen LogP) is 6.05. The van der Waals surface area contributed by atoms with E-state index in [4.69, 9.17) is 0 Å². The molecule has 0 nitrogen and oxygen atoms in total. The highest BCUT2D eigenvalue weighted by Crippen LogP contribution is 2.30. The molecule has 2 rings (SSSR count). The summed E-state index contributed by atoms with van der Waals surface area (Å²) >= 11 is 10.7. The fourth-order valence-electron chi connectivity index (χ4n) is 1.28. The lowest BCUT2D eigenvalue weighted by molar-refractivity contribution is 1.43. The van der Waals surface area contributed by atoms with Crippen molar-refractivity contribution in [1.82, 2.24) is 0 Å². The Morgan fingerprint density at radius 3 is 1.65 bits per heavy atom. The van der Waals surface area contributed by atoms with Crippen molar-refractivity contribution in [3.8, 4) is 0 Å². The Morgan fingerprint density at radius 1 is 0.765 bits per heavy atom. The Hall–Kier alpha value is 0.1000. The van der Waals surface area contributed by atoms with Crippen molar-refractivity contribution in [2.24, 2.45) is 0 Å². The van der Waals surface area contributed by atoms with Gasteiger partial charge in [-0.05, 0) is 36.4 Å². The van der Waals surface area contributed by atoms with Crippen LogP contribution in [0.25, 0.3) is 0 Å². The molecular weight excluding hydrogens is 380 g/mol. The highest BCUT2D eigenvalue weighted by molar-refractivity contribution is 9.10. The third kappa shape index (κ3) is 4.70. The summed E-state index contributed by atoms with van der Waals surface area (Å²) in [4.78, 5) is 2.59. The molecule has 0 heterocycles. The van der Waals surface area contributed by atoms with Crippen LogP contribution in [0.3, 0.4) is 0 Å². The van der Waals surface area contributed by atoms with Gasteiger partial charge in [0.2, 0.25) is 0 Å². The van der Waals surface area contributed by atoms with E-state index in [0.29, 0.717) is 0 Å². The van der Waals surface area contributed by atoms with Crippen molar-refractivity contribution in [2.75, 3.05) is 5.08 Å². The molecular formula is C13H10Br2S2. The van der Waals surface area contributed by atoms with Crippen molar-refractivity contribution in [3.63, 3.8) is 0 Å². The first-order valence-electron chi connectivity index (χ1n) is 5.01. The van der Waals surface area contributed by atoms with Crippen molar-refractivity contribution in [3.05, 3.63) is 57.5 Å². The van der Waals surface area contributed by atoms with Gasteiger partial charge in [0.25, 0.3) is 0 Å². The van der Waals surface area contributed by atoms with Crippen LogP contribution in [0.2, 0.25) is 0 Å². The summed E-state index contributed by atoms with van der Waals surface area (Å²) in [5, 5.41) is 1.02. The quantitative estimate of drug-likeness (QED) is 0.460. The van der Waals surface area contributed by atoms with E-state index in [1.54, 1.807) is 0 Å². The number of hydrogen-bond donors (Lipinski definition) is 0. The third-order valence-corrected chi connectivity index (χ3v) is 5.15. The van der Waals surface area contributed by atoms with E-state index in [-0.39, 0.29) is 0 Å². The average molecular weight is 390 g/mol. The third-order valence-electron chi connectivity index (χ3n) is 2.04. The second-order valence-corrected chi connectivity index (χ2v) is 7.62. The van der Waals surface area contributed by atoms with Crippen LogP contribution in [0.15, 0.2) is 67.3 Å². The first-order valence-corrected chi connectivity index (χ1v) is 8.56. The molecule has 0 N–H and O–H groups in total. The fourth-order valence-corrected chi connectivity index (χ4v) is 4.48. The van der Waals surface area contributed by atoms with Crippen LogP contribution in [0.1, 0.15) is 0 Å². The zero-order chi connectivity index (χ0) is 12.1.